The molecular formula is C20H19N3O3. The molecule has 26 heavy (non-hydrogen) atoms. The van der Waals surface area contributed by atoms with Gasteiger partial charge in [0.05, 0.1) is 4.92 Å². The molecule has 6 nitrogen and oxygen atoms in total. The molecule has 1 aromatic heterocycles. The quantitative estimate of drug-likeness (QED) is 0.507. The predicted molar refractivity (Wildman–Crippen MR) is 101 cm³/mol. The summed E-state index contributed by atoms with van der Waals surface area (Å²) in [6.45, 7) is 2.43. The van der Waals surface area contributed by atoms with Gasteiger partial charge in [0.15, 0.2) is 0 Å². The molecule has 0 radical (unpaired) electrons. The molecule has 6 heteroatoms. The molecule has 0 spiro atoms. The van der Waals surface area contributed by atoms with Gasteiger partial charge in [-0.1, -0.05) is 12.1 Å². The molecule has 1 saturated heterocycles. The Hall–Kier alpha value is -3.15. The van der Waals surface area contributed by atoms with Gasteiger partial charge in [-0.15, -0.1) is 0 Å². The van der Waals surface area contributed by atoms with Crippen molar-refractivity contribution in [2.24, 2.45) is 0 Å². The number of ether oxygens (including phenoxy) is 1. The van der Waals surface area contributed by atoms with Gasteiger partial charge < -0.3 is 9.64 Å². The molecule has 0 saturated carbocycles. The summed E-state index contributed by atoms with van der Waals surface area (Å²) in [5, 5.41) is 11.8. The first-order valence-electron chi connectivity index (χ1n) is 8.71. The zero-order valence-corrected chi connectivity index (χ0v) is 14.3. The van der Waals surface area contributed by atoms with Gasteiger partial charge in [0.2, 0.25) is 0 Å². The van der Waals surface area contributed by atoms with Crippen molar-refractivity contribution in [2.45, 2.75) is 19.4 Å². The van der Waals surface area contributed by atoms with Gasteiger partial charge in [-0.05, 0) is 48.7 Å². The molecule has 2 aromatic carbocycles. The van der Waals surface area contributed by atoms with Crippen molar-refractivity contribution < 1.29 is 9.66 Å². The fourth-order valence-electron chi connectivity index (χ4n) is 3.22. The lowest BCUT2D eigenvalue weighted by molar-refractivity contribution is -0.384. The minimum Gasteiger partial charge on any atom is -0.487 e. The molecule has 0 atom stereocenters. The third kappa shape index (κ3) is 3.31. The van der Waals surface area contributed by atoms with E-state index in [9.17, 15) is 10.1 Å². The summed E-state index contributed by atoms with van der Waals surface area (Å²) in [7, 11) is 0. The fraction of sp³-hybridized carbons (Fsp3) is 0.250. The Bertz CT molecular complexity index is 935. The molecule has 132 valence electrons. The minimum atomic E-state index is -0.404. The number of benzene rings is 2. The van der Waals surface area contributed by atoms with E-state index in [0.717, 1.165) is 41.1 Å². The zero-order chi connectivity index (χ0) is 17.9. The summed E-state index contributed by atoms with van der Waals surface area (Å²) in [4.78, 5) is 17.5. The molecule has 3 aromatic rings. The molecule has 1 aliphatic heterocycles. The normalized spacial score (nSPS) is 13.9. The van der Waals surface area contributed by atoms with Crippen LogP contribution >= 0.6 is 0 Å². The molecule has 0 N–H and O–H groups in total. The van der Waals surface area contributed by atoms with Crippen LogP contribution in [-0.2, 0) is 6.61 Å². The van der Waals surface area contributed by atoms with Crippen molar-refractivity contribution in [1.82, 2.24) is 4.98 Å². The maximum atomic E-state index is 10.7. The highest BCUT2D eigenvalue weighted by Gasteiger charge is 2.15. The maximum Gasteiger partial charge on any atom is 0.269 e. The number of hydrogen-bond acceptors (Lipinski definition) is 5. The summed E-state index contributed by atoms with van der Waals surface area (Å²) in [6, 6.07) is 16.4. The average molecular weight is 349 g/mol. The van der Waals surface area contributed by atoms with Gasteiger partial charge in [0.1, 0.15) is 23.7 Å². The first-order chi connectivity index (χ1) is 12.7. The number of pyridine rings is 1. The van der Waals surface area contributed by atoms with Gasteiger partial charge in [-0.2, -0.15) is 0 Å². The second kappa shape index (κ2) is 7.00. The number of rotatable bonds is 5. The van der Waals surface area contributed by atoms with E-state index in [2.05, 4.69) is 17.0 Å². The number of nitro benzene ring substituents is 1. The SMILES string of the molecule is O=[N+]([O-])c1ccc(COc2cccc3ccc(N4CCCC4)nc23)cc1. The number of anilines is 1. The molecule has 0 amide bonds. The Morgan fingerprint density at radius 2 is 1.81 bits per heavy atom. The highest BCUT2D eigenvalue weighted by molar-refractivity contribution is 5.86. The molecule has 0 unspecified atom stereocenters. The van der Waals surface area contributed by atoms with Crippen LogP contribution in [0.3, 0.4) is 0 Å². The molecule has 4 rings (SSSR count). The summed E-state index contributed by atoms with van der Waals surface area (Å²) in [6.07, 6.45) is 2.41. The van der Waals surface area contributed by atoms with Crippen molar-refractivity contribution in [2.75, 3.05) is 18.0 Å². The summed E-state index contributed by atoms with van der Waals surface area (Å²) in [5.41, 5.74) is 1.80. The Morgan fingerprint density at radius 1 is 1.04 bits per heavy atom. The van der Waals surface area contributed by atoms with Crippen LogP contribution in [0.15, 0.2) is 54.6 Å². The molecule has 1 aliphatic rings. The first-order valence-corrected chi connectivity index (χ1v) is 8.71. The van der Waals surface area contributed by atoms with Crippen LogP contribution < -0.4 is 9.64 Å². The van der Waals surface area contributed by atoms with Crippen LogP contribution in [-0.4, -0.2) is 23.0 Å². The Balaban J connectivity index is 1.57. The van der Waals surface area contributed by atoms with Gasteiger partial charge in [0, 0.05) is 30.6 Å². The van der Waals surface area contributed by atoms with E-state index in [4.69, 9.17) is 9.72 Å². The maximum absolute atomic E-state index is 10.7. The number of hydrogen-bond donors (Lipinski definition) is 0. The molecule has 0 aliphatic carbocycles. The van der Waals surface area contributed by atoms with Crippen molar-refractivity contribution in [3.05, 3.63) is 70.3 Å². The van der Waals surface area contributed by atoms with Crippen LogP contribution in [0.2, 0.25) is 0 Å². The van der Waals surface area contributed by atoms with Crippen molar-refractivity contribution in [3.8, 4) is 5.75 Å². The highest BCUT2D eigenvalue weighted by Crippen LogP contribution is 2.28. The summed E-state index contributed by atoms with van der Waals surface area (Å²) in [5.74, 6) is 1.71. The standard InChI is InChI=1S/C20H19N3O3/c24-23(25)17-9-6-15(7-10-17)14-26-18-5-3-4-16-8-11-19(21-20(16)18)22-12-1-2-13-22/h3-11H,1-2,12-14H2. The Labute approximate surface area is 151 Å². The third-order valence-corrected chi connectivity index (χ3v) is 4.64. The lowest BCUT2D eigenvalue weighted by atomic mass is 10.2. The third-order valence-electron chi connectivity index (χ3n) is 4.64. The molecule has 2 heterocycles. The van der Waals surface area contributed by atoms with Crippen molar-refractivity contribution in [1.29, 1.82) is 0 Å². The van der Waals surface area contributed by atoms with E-state index in [1.165, 1.54) is 25.0 Å². The number of aromatic nitrogens is 1. The van der Waals surface area contributed by atoms with Crippen LogP contribution in [0.4, 0.5) is 11.5 Å². The Morgan fingerprint density at radius 3 is 2.54 bits per heavy atom. The van der Waals surface area contributed by atoms with Crippen molar-refractivity contribution >= 4 is 22.4 Å². The van der Waals surface area contributed by atoms with Gasteiger partial charge in [0.25, 0.3) is 5.69 Å². The van der Waals surface area contributed by atoms with Crippen LogP contribution in [0.25, 0.3) is 10.9 Å². The van der Waals surface area contributed by atoms with Crippen LogP contribution in [0, 0.1) is 10.1 Å². The van der Waals surface area contributed by atoms with E-state index in [0.29, 0.717) is 6.61 Å². The van der Waals surface area contributed by atoms with Gasteiger partial charge in [-0.3, -0.25) is 10.1 Å². The van der Waals surface area contributed by atoms with E-state index in [1.54, 1.807) is 12.1 Å². The predicted octanol–water partition coefficient (Wildman–Crippen LogP) is 4.32. The highest BCUT2D eigenvalue weighted by atomic mass is 16.6. The smallest absolute Gasteiger partial charge is 0.269 e. The number of nitro groups is 1. The Kier molecular flexibility index (Phi) is 4.39. The van der Waals surface area contributed by atoms with Crippen molar-refractivity contribution in [3.63, 3.8) is 0 Å². The van der Waals surface area contributed by atoms with E-state index in [1.807, 2.05) is 18.2 Å². The second-order valence-corrected chi connectivity index (χ2v) is 6.40. The van der Waals surface area contributed by atoms with Crippen LogP contribution in [0.5, 0.6) is 5.75 Å². The van der Waals surface area contributed by atoms with E-state index in [-0.39, 0.29) is 5.69 Å². The number of nitrogens with zero attached hydrogens (tertiary/aromatic N) is 3. The average Bonchev–Trinajstić information content (AvgIpc) is 3.21. The summed E-state index contributed by atoms with van der Waals surface area (Å²) >= 11 is 0. The first kappa shape index (κ1) is 16.3. The molecule has 1 fully saturated rings. The van der Waals surface area contributed by atoms with Crippen LogP contribution in [0.1, 0.15) is 18.4 Å². The summed E-state index contributed by atoms with van der Waals surface area (Å²) < 4.78 is 5.97. The van der Waals surface area contributed by atoms with Gasteiger partial charge >= 0.3 is 0 Å². The number of fused-ring (bicyclic) bond motifs is 1. The largest absolute Gasteiger partial charge is 0.487 e. The fourth-order valence-corrected chi connectivity index (χ4v) is 3.22. The molecule has 0 bridgehead atoms. The lowest BCUT2D eigenvalue weighted by Crippen LogP contribution is -2.18. The zero-order valence-electron chi connectivity index (χ0n) is 14.3. The molecular weight excluding hydrogens is 330 g/mol. The monoisotopic (exact) mass is 349 g/mol. The van der Waals surface area contributed by atoms with E-state index >= 15 is 0 Å². The number of para-hydroxylation sites is 1. The second-order valence-electron chi connectivity index (χ2n) is 6.40. The number of non-ortho nitro benzene ring substituents is 1. The van der Waals surface area contributed by atoms with E-state index < -0.39 is 4.92 Å². The minimum absolute atomic E-state index is 0.0795. The van der Waals surface area contributed by atoms with Gasteiger partial charge in [-0.25, -0.2) is 4.98 Å². The lowest BCUT2D eigenvalue weighted by Gasteiger charge is -2.17. The topological polar surface area (TPSA) is 68.5 Å².